The number of allylic oxidation sites excluding steroid dienone is 4. The number of benzene rings is 1. The van der Waals surface area contributed by atoms with Crippen molar-refractivity contribution in [3.8, 4) is 5.75 Å². The fourth-order valence-corrected chi connectivity index (χ4v) is 2.43. The first-order chi connectivity index (χ1) is 12.0. The number of likely N-dealkylation sites (N-methyl/N-ethyl adjacent to an activating group) is 1. The number of hydrogen-bond donors (Lipinski definition) is 0. The summed E-state index contributed by atoms with van der Waals surface area (Å²) in [5.41, 5.74) is 1.11. The van der Waals surface area contributed by atoms with Crippen LogP contribution in [0.25, 0.3) is 0 Å². The average molecular weight is 346 g/mol. The van der Waals surface area contributed by atoms with Crippen molar-refractivity contribution in [2.24, 2.45) is 10.9 Å². The Hall–Kier alpha value is -2.76. The zero-order chi connectivity index (χ0) is 18.4. The van der Waals surface area contributed by atoms with Crippen molar-refractivity contribution < 1.29 is 18.3 Å². The molecule has 1 aliphatic carbocycles. The second kappa shape index (κ2) is 8.37. The van der Waals surface area contributed by atoms with Gasteiger partial charge in [-0.3, -0.25) is 0 Å². The van der Waals surface area contributed by atoms with Gasteiger partial charge in [-0.2, -0.15) is 0 Å². The Bertz CT molecular complexity index is 754. The second-order valence-corrected chi connectivity index (χ2v) is 5.61. The number of aldehydes is 1. The molecule has 132 valence electrons. The highest BCUT2D eigenvalue weighted by molar-refractivity contribution is 6.00. The highest BCUT2D eigenvalue weighted by Gasteiger charge is 2.17. The lowest BCUT2D eigenvalue weighted by Gasteiger charge is -2.22. The van der Waals surface area contributed by atoms with Crippen molar-refractivity contribution in [2.45, 2.75) is 6.42 Å². The summed E-state index contributed by atoms with van der Waals surface area (Å²) in [6.07, 6.45) is 5.76. The Morgan fingerprint density at radius 1 is 1.48 bits per heavy atom. The molecule has 2 rings (SSSR count). The van der Waals surface area contributed by atoms with Crippen molar-refractivity contribution in [1.82, 2.24) is 4.90 Å². The Kier molecular flexibility index (Phi) is 6.22. The monoisotopic (exact) mass is 346 g/mol. The molecule has 0 amide bonds. The predicted molar refractivity (Wildman–Crippen MR) is 93.8 cm³/mol. The van der Waals surface area contributed by atoms with Crippen LogP contribution in [0, 0.1) is 11.7 Å². The first-order valence-corrected chi connectivity index (χ1v) is 7.76. The van der Waals surface area contributed by atoms with Crippen LogP contribution >= 0.6 is 0 Å². The minimum absolute atomic E-state index is 0.0814. The largest absolute Gasteiger partial charge is 0.494 e. The van der Waals surface area contributed by atoms with E-state index in [2.05, 4.69) is 11.6 Å². The van der Waals surface area contributed by atoms with Crippen LogP contribution in [0.15, 0.2) is 59.5 Å². The van der Waals surface area contributed by atoms with E-state index in [1.165, 1.54) is 31.4 Å². The van der Waals surface area contributed by atoms with E-state index >= 15 is 0 Å². The van der Waals surface area contributed by atoms with Gasteiger partial charge in [-0.05, 0) is 36.8 Å². The number of methoxy groups -OCH3 is 1. The van der Waals surface area contributed by atoms with Gasteiger partial charge in [0.15, 0.2) is 11.6 Å². The molecule has 0 saturated heterocycles. The summed E-state index contributed by atoms with van der Waals surface area (Å²) in [7, 11) is 3.08. The third-order valence-corrected chi connectivity index (χ3v) is 3.85. The van der Waals surface area contributed by atoms with Crippen molar-refractivity contribution >= 4 is 12.1 Å². The number of nitrogens with zero attached hydrogens (tertiary/aromatic N) is 2. The normalized spacial score (nSPS) is 17.0. The number of carbonyl (C=O) groups excluding carboxylic acids is 1. The van der Waals surface area contributed by atoms with Crippen molar-refractivity contribution in [2.75, 3.05) is 20.7 Å². The van der Waals surface area contributed by atoms with Gasteiger partial charge in [0.05, 0.1) is 13.7 Å². The molecule has 1 aromatic rings. The van der Waals surface area contributed by atoms with Crippen LogP contribution < -0.4 is 4.74 Å². The molecule has 1 aliphatic rings. The van der Waals surface area contributed by atoms with Crippen molar-refractivity contribution in [3.63, 3.8) is 0 Å². The van der Waals surface area contributed by atoms with Gasteiger partial charge in [0.25, 0.3) is 0 Å². The SMILES string of the molecule is C=C(N=C(c1ccc(F)c(OC)c1)N(C)CC=O)C1C=CC(F)=CC1. The van der Waals surface area contributed by atoms with Gasteiger partial charge >= 0.3 is 0 Å². The molecule has 4 nitrogen and oxygen atoms in total. The Labute approximate surface area is 145 Å². The smallest absolute Gasteiger partial charge is 0.165 e. The van der Waals surface area contributed by atoms with Gasteiger partial charge in [-0.25, -0.2) is 13.8 Å². The molecule has 0 heterocycles. The van der Waals surface area contributed by atoms with Crippen LogP contribution in [-0.2, 0) is 4.79 Å². The van der Waals surface area contributed by atoms with E-state index in [9.17, 15) is 13.6 Å². The highest BCUT2D eigenvalue weighted by Crippen LogP contribution is 2.25. The van der Waals surface area contributed by atoms with Gasteiger partial charge < -0.3 is 14.4 Å². The molecule has 1 atom stereocenters. The van der Waals surface area contributed by atoms with Gasteiger partial charge in [0.2, 0.25) is 0 Å². The van der Waals surface area contributed by atoms with Gasteiger partial charge in [-0.15, -0.1) is 0 Å². The first-order valence-electron chi connectivity index (χ1n) is 7.76. The molecule has 0 saturated carbocycles. The number of rotatable bonds is 6. The van der Waals surface area contributed by atoms with Crippen LogP contribution in [0.1, 0.15) is 12.0 Å². The van der Waals surface area contributed by atoms with E-state index in [1.807, 2.05) is 0 Å². The molecule has 0 radical (unpaired) electrons. The molecule has 25 heavy (non-hydrogen) atoms. The molecule has 1 unspecified atom stereocenters. The van der Waals surface area contributed by atoms with Crippen LogP contribution in [-0.4, -0.2) is 37.7 Å². The number of hydrogen-bond acceptors (Lipinski definition) is 3. The molecular formula is C19H20F2N2O2. The highest BCUT2D eigenvalue weighted by atomic mass is 19.1. The minimum Gasteiger partial charge on any atom is -0.494 e. The fraction of sp³-hybridized carbons (Fsp3) is 0.263. The standard InChI is InChI=1S/C19H20F2N2O2/c1-13(14-4-7-16(20)8-5-14)22-19(23(2)10-11-24)15-6-9-17(21)18(12-15)25-3/h4,6-9,11-12,14H,1,5,10H2,2-3H3. The Morgan fingerprint density at radius 3 is 2.84 bits per heavy atom. The first kappa shape index (κ1) is 18.6. The summed E-state index contributed by atoms with van der Waals surface area (Å²) in [5, 5.41) is 0. The quantitative estimate of drug-likeness (QED) is 0.448. The van der Waals surface area contributed by atoms with E-state index in [-0.39, 0.29) is 24.0 Å². The maximum atomic E-state index is 13.7. The summed E-state index contributed by atoms with van der Waals surface area (Å²) in [6.45, 7) is 4.07. The van der Waals surface area contributed by atoms with Crippen LogP contribution in [0.4, 0.5) is 8.78 Å². The lowest BCUT2D eigenvalue weighted by atomic mass is 9.97. The molecule has 0 aliphatic heterocycles. The summed E-state index contributed by atoms with van der Waals surface area (Å²) < 4.78 is 31.8. The number of ether oxygens (including phenoxy) is 1. The van der Waals surface area contributed by atoms with E-state index in [0.29, 0.717) is 23.5 Å². The third kappa shape index (κ3) is 4.62. The van der Waals surface area contributed by atoms with Crippen LogP contribution in [0.3, 0.4) is 0 Å². The van der Waals surface area contributed by atoms with Crippen molar-refractivity contribution in [1.29, 1.82) is 0 Å². The summed E-state index contributed by atoms with van der Waals surface area (Å²) >= 11 is 0. The number of halogens is 2. The predicted octanol–water partition coefficient (Wildman–Crippen LogP) is 3.65. The van der Waals surface area contributed by atoms with E-state index in [1.54, 1.807) is 24.1 Å². The third-order valence-electron chi connectivity index (χ3n) is 3.85. The Balaban J connectivity index is 2.37. The molecule has 1 aromatic carbocycles. The second-order valence-electron chi connectivity index (χ2n) is 5.61. The minimum atomic E-state index is -0.488. The number of amidine groups is 1. The van der Waals surface area contributed by atoms with Gasteiger partial charge in [-0.1, -0.05) is 12.7 Å². The molecule has 0 bridgehead atoms. The molecular weight excluding hydrogens is 326 g/mol. The average Bonchev–Trinajstić information content (AvgIpc) is 2.61. The summed E-state index contributed by atoms with van der Waals surface area (Å²) in [5.74, 6) is -0.369. The molecule has 0 N–H and O–H groups in total. The zero-order valence-corrected chi connectivity index (χ0v) is 14.2. The topological polar surface area (TPSA) is 41.9 Å². The molecule has 6 heteroatoms. The molecule has 0 fully saturated rings. The van der Waals surface area contributed by atoms with Crippen LogP contribution in [0.2, 0.25) is 0 Å². The molecule has 0 aromatic heterocycles. The van der Waals surface area contributed by atoms with Gasteiger partial charge in [0.1, 0.15) is 17.9 Å². The number of carbonyl (C=O) groups is 1. The van der Waals surface area contributed by atoms with Crippen molar-refractivity contribution in [3.05, 3.63) is 65.9 Å². The Morgan fingerprint density at radius 2 is 2.24 bits per heavy atom. The van der Waals surface area contributed by atoms with Crippen LogP contribution in [0.5, 0.6) is 5.75 Å². The number of aliphatic imine (C=N–C) groups is 1. The summed E-state index contributed by atoms with van der Waals surface area (Å²) in [6, 6.07) is 4.35. The van der Waals surface area contributed by atoms with E-state index < -0.39 is 5.82 Å². The lowest BCUT2D eigenvalue weighted by Crippen LogP contribution is -2.30. The maximum Gasteiger partial charge on any atom is 0.165 e. The fourth-order valence-electron chi connectivity index (χ4n) is 2.43. The zero-order valence-electron chi connectivity index (χ0n) is 14.2. The molecule has 0 spiro atoms. The van der Waals surface area contributed by atoms with E-state index in [4.69, 9.17) is 4.74 Å². The summed E-state index contributed by atoms with van der Waals surface area (Å²) in [4.78, 5) is 17.0. The maximum absolute atomic E-state index is 13.7. The lowest BCUT2D eigenvalue weighted by molar-refractivity contribution is -0.108. The van der Waals surface area contributed by atoms with E-state index in [0.717, 1.165) is 6.29 Å². The van der Waals surface area contributed by atoms with Gasteiger partial charge in [0, 0.05) is 24.2 Å².